The Morgan fingerprint density at radius 3 is 2.50 bits per heavy atom. The van der Waals surface area contributed by atoms with Crippen LogP contribution in [0.2, 0.25) is 10.0 Å². The highest BCUT2D eigenvalue weighted by Crippen LogP contribution is 2.26. The summed E-state index contributed by atoms with van der Waals surface area (Å²) in [5, 5.41) is 1.06. The number of alkyl halides is 1. The zero-order chi connectivity index (χ0) is 10.4. The van der Waals surface area contributed by atoms with Crippen molar-refractivity contribution in [2.24, 2.45) is 0 Å². The summed E-state index contributed by atoms with van der Waals surface area (Å²) in [4.78, 5) is 0. The fourth-order valence-electron chi connectivity index (χ4n) is 0.953. The predicted octanol–water partition coefficient (Wildman–Crippen LogP) is 4.39. The van der Waals surface area contributed by atoms with E-state index in [0.717, 1.165) is 18.6 Å². The van der Waals surface area contributed by atoms with Crippen LogP contribution in [-0.2, 0) is 0 Å². The van der Waals surface area contributed by atoms with Crippen molar-refractivity contribution in [3.05, 3.63) is 28.2 Å². The fraction of sp³-hybridized carbons (Fsp3) is 0.400. The van der Waals surface area contributed by atoms with Gasteiger partial charge in [0.1, 0.15) is 5.75 Å². The van der Waals surface area contributed by atoms with Crippen molar-refractivity contribution < 1.29 is 4.74 Å². The highest BCUT2D eigenvalue weighted by molar-refractivity contribution is 6.42. The minimum Gasteiger partial charge on any atom is -0.494 e. The fourth-order valence-corrected chi connectivity index (χ4v) is 1.43. The van der Waals surface area contributed by atoms with E-state index < -0.39 is 0 Å². The molecule has 78 valence electrons. The maximum absolute atomic E-state index is 5.82. The number of benzene rings is 1. The van der Waals surface area contributed by atoms with Gasteiger partial charge in [0.05, 0.1) is 16.7 Å². The van der Waals surface area contributed by atoms with Crippen molar-refractivity contribution in [2.75, 3.05) is 12.5 Å². The first-order valence-corrected chi connectivity index (χ1v) is 5.67. The molecule has 0 atom stereocenters. The monoisotopic (exact) mass is 252 g/mol. The number of halogens is 3. The standard InChI is InChI=1S/C10H11Cl3O/c11-5-1-2-6-14-8-3-4-9(12)10(13)7-8/h3-4,7H,1-2,5-6H2. The zero-order valence-corrected chi connectivity index (χ0v) is 9.87. The average Bonchev–Trinajstić information content (AvgIpc) is 2.18. The van der Waals surface area contributed by atoms with Crippen LogP contribution in [0.15, 0.2) is 18.2 Å². The topological polar surface area (TPSA) is 9.23 Å². The summed E-state index contributed by atoms with van der Waals surface area (Å²) in [5.74, 6) is 1.42. The summed E-state index contributed by atoms with van der Waals surface area (Å²) >= 11 is 17.1. The van der Waals surface area contributed by atoms with Gasteiger partial charge < -0.3 is 4.74 Å². The SMILES string of the molecule is ClCCCCOc1ccc(Cl)c(Cl)c1. The molecule has 0 radical (unpaired) electrons. The van der Waals surface area contributed by atoms with E-state index >= 15 is 0 Å². The highest BCUT2D eigenvalue weighted by Gasteiger charge is 1.99. The lowest BCUT2D eigenvalue weighted by molar-refractivity contribution is 0.310. The van der Waals surface area contributed by atoms with E-state index in [1.807, 2.05) is 0 Å². The van der Waals surface area contributed by atoms with Crippen molar-refractivity contribution in [1.82, 2.24) is 0 Å². The van der Waals surface area contributed by atoms with Crippen LogP contribution in [0.3, 0.4) is 0 Å². The maximum Gasteiger partial charge on any atom is 0.120 e. The lowest BCUT2D eigenvalue weighted by atomic mass is 10.3. The molecule has 0 unspecified atom stereocenters. The molecule has 0 aliphatic rings. The summed E-state index contributed by atoms with van der Waals surface area (Å²) < 4.78 is 5.44. The molecule has 4 heteroatoms. The Labute approximate surface area is 98.9 Å². The Hall–Kier alpha value is -0.110. The van der Waals surface area contributed by atoms with Crippen LogP contribution in [0.25, 0.3) is 0 Å². The van der Waals surface area contributed by atoms with Crippen molar-refractivity contribution in [2.45, 2.75) is 12.8 Å². The molecule has 1 aromatic carbocycles. The van der Waals surface area contributed by atoms with Gasteiger partial charge in [-0.15, -0.1) is 11.6 Å². The van der Waals surface area contributed by atoms with Crippen molar-refractivity contribution >= 4 is 34.8 Å². The molecule has 0 aliphatic heterocycles. The molecular weight excluding hydrogens is 242 g/mol. The van der Waals surface area contributed by atoms with E-state index in [-0.39, 0.29) is 0 Å². The van der Waals surface area contributed by atoms with Gasteiger partial charge in [-0.1, -0.05) is 23.2 Å². The molecule has 0 fully saturated rings. The highest BCUT2D eigenvalue weighted by atomic mass is 35.5. The first-order valence-electron chi connectivity index (χ1n) is 4.38. The van der Waals surface area contributed by atoms with E-state index in [1.165, 1.54) is 0 Å². The minimum absolute atomic E-state index is 0.515. The Morgan fingerprint density at radius 1 is 1.07 bits per heavy atom. The zero-order valence-electron chi connectivity index (χ0n) is 7.60. The molecule has 1 rings (SSSR count). The second kappa shape index (κ2) is 6.39. The molecule has 0 aromatic heterocycles. The minimum atomic E-state index is 0.515. The largest absolute Gasteiger partial charge is 0.494 e. The molecule has 0 bridgehead atoms. The third-order valence-electron chi connectivity index (χ3n) is 1.69. The van der Waals surface area contributed by atoms with Crippen LogP contribution in [0, 0.1) is 0 Å². The number of rotatable bonds is 5. The number of hydrogen-bond donors (Lipinski definition) is 0. The molecule has 1 aromatic rings. The molecule has 1 nitrogen and oxygen atoms in total. The first kappa shape index (κ1) is 12.0. The lowest BCUT2D eigenvalue weighted by Crippen LogP contribution is -1.97. The lowest BCUT2D eigenvalue weighted by Gasteiger charge is -2.06. The van der Waals surface area contributed by atoms with E-state index in [0.29, 0.717) is 22.5 Å². The van der Waals surface area contributed by atoms with Crippen LogP contribution in [0.1, 0.15) is 12.8 Å². The molecule has 0 heterocycles. The second-order valence-electron chi connectivity index (χ2n) is 2.82. The number of unbranched alkanes of at least 4 members (excludes halogenated alkanes) is 1. The Morgan fingerprint density at radius 2 is 1.86 bits per heavy atom. The molecule has 14 heavy (non-hydrogen) atoms. The van der Waals surface area contributed by atoms with Gasteiger partial charge in [-0.25, -0.2) is 0 Å². The predicted molar refractivity (Wildman–Crippen MR) is 61.9 cm³/mol. The van der Waals surface area contributed by atoms with Crippen molar-refractivity contribution in [3.63, 3.8) is 0 Å². The van der Waals surface area contributed by atoms with Gasteiger partial charge in [0.15, 0.2) is 0 Å². The van der Waals surface area contributed by atoms with Gasteiger partial charge in [-0.2, -0.15) is 0 Å². The summed E-state index contributed by atoms with van der Waals surface area (Å²) in [5.41, 5.74) is 0. The van der Waals surface area contributed by atoms with E-state index in [1.54, 1.807) is 18.2 Å². The van der Waals surface area contributed by atoms with Gasteiger partial charge in [0.25, 0.3) is 0 Å². The molecule has 0 saturated carbocycles. The number of ether oxygens (including phenoxy) is 1. The van der Waals surface area contributed by atoms with E-state index in [9.17, 15) is 0 Å². The third-order valence-corrected chi connectivity index (χ3v) is 2.69. The molecule has 0 saturated heterocycles. The Balaban J connectivity index is 2.39. The van der Waals surface area contributed by atoms with Crippen LogP contribution in [0.4, 0.5) is 0 Å². The van der Waals surface area contributed by atoms with Gasteiger partial charge in [-0.3, -0.25) is 0 Å². The summed E-state index contributed by atoms with van der Waals surface area (Å²) in [7, 11) is 0. The van der Waals surface area contributed by atoms with E-state index in [2.05, 4.69) is 0 Å². The third kappa shape index (κ3) is 3.95. The van der Waals surface area contributed by atoms with Crippen molar-refractivity contribution in [3.8, 4) is 5.75 Å². The van der Waals surface area contributed by atoms with Crippen LogP contribution < -0.4 is 4.74 Å². The second-order valence-corrected chi connectivity index (χ2v) is 4.01. The van der Waals surface area contributed by atoms with Crippen molar-refractivity contribution in [1.29, 1.82) is 0 Å². The van der Waals surface area contributed by atoms with Crippen LogP contribution >= 0.6 is 34.8 Å². The smallest absolute Gasteiger partial charge is 0.120 e. The normalized spacial score (nSPS) is 10.2. The summed E-state index contributed by atoms with van der Waals surface area (Å²) in [6, 6.07) is 5.24. The average molecular weight is 254 g/mol. The first-order chi connectivity index (χ1) is 6.74. The Kier molecular flexibility index (Phi) is 5.46. The summed E-state index contributed by atoms with van der Waals surface area (Å²) in [6.45, 7) is 0.657. The maximum atomic E-state index is 5.82. The van der Waals surface area contributed by atoms with E-state index in [4.69, 9.17) is 39.5 Å². The van der Waals surface area contributed by atoms with Gasteiger partial charge in [0.2, 0.25) is 0 Å². The van der Waals surface area contributed by atoms with Gasteiger partial charge in [0, 0.05) is 11.9 Å². The molecular formula is C10H11Cl3O. The van der Waals surface area contributed by atoms with Crippen LogP contribution in [-0.4, -0.2) is 12.5 Å². The molecule has 0 amide bonds. The van der Waals surface area contributed by atoms with Gasteiger partial charge in [-0.05, 0) is 25.0 Å². The molecule has 0 spiro atoms. The van der Waals surface area contributed by atoms with Crippen LogP contribution in [0.5, 0.6) is 5.75 Å². The Bertz CT molecular complexity index is 289. The molecule has 0 N–H and O–H groups in total. The van der Waals surface area contributed by atoms with Gasteiger partial charge >= 0.3 is 0 Å². The quantitative estimate of drug-likeness (QED) is 0.558. The summed E-state index contributed by atoms with van der Waals surface area (Å²) in [6.07, 6.45) is 1.91. The number of hydrogen-bond acceptors (Lipinski definition) is 1. The molecule has 0 aliphatic carbocycles.